The van der Waals surface area contributed by atoms with E-state index in [-0.39, 0.29) is 11.8 Å². The molecule has 2 rings (SSSR count). The molecule has 0 unspecified atom stereocenters. The van der Waals surface area contributed by atoms with Gasteiger partial charge >= 0.3 is 6.18 Å². The van der Waals surface area contributed by atoms with E-state index in [9.17, 15) is 13.2 Å². The first kappa shape index (κ1) is 15.0. The quantitative estimate of drug-likeness (QED) is 0.567. The molecule has 0 saturated carbocycles. The number of imidazole rings is 1. The SMILES string of the molecule is Cn1ccnc1CCNc1cc(C(F)(F)F)nc(NN)n1. The molecule has 0 aliphatic rings. The molecule has 114 valence electrons. The molecule has 0 spiro atoms. The first-order chi connectivity index (χ1) is 9.90. The molecule has 0 aliphatic heterocycles. The van der Waals surface area contributed by atoms with E-state index in [4.69, 9.17) is 5.84 Å². The Balaban J connectivity index is 2.07. The molecule has 4 N–H and O–H groups in total. The minimum absolute atomic E-state index is 0.0412. The molecule has 7 nitrogen and oxygen atoms in total. The summed E-state index contributed by atoms with van der Waals surface area (Å²) in [5.74, 6) is 5.62. The Morgan fingerprint density at radius 1 is 1.33 bits per heavy atom. The van der Waals surface area contributed by atoms with Crippen molar-refractivity contribution in [1.29, 1.82) is 0 Å². The predicted octanol–water partition coefficient (Wildman–Crippen LogP) is 1.17. The van der Waals surface area contributed by atoms with Crippen LogP contribution < -0.4 is 16.6 Å². The summed E-state index contributed by atoms with van der Waals surface area (Å²) in [6.07, 6.45) is -0.582. The second kappa shape index (κ2) is 5.95. The van der Waals surface area contributed by atoms with Crippen molar-refractivity contribution in [3.8, 4) is 0 Å². The number of alkyl halides is 3. The Labute approximate surface area is 118 Å². The monoisotopic (exact) mass is 301 g/mol. The molecular formula is C11H14F3N7. The summed E-state index contributed by atoms with van der Waals surface area (Å²) in [6, 6.07) is 0.833. The number of nitrogen functional groups attached to an aromatic ring is 1. The largest absolute Gasteiger partial charge is 0.433 e. The van der Waals surface area contributed by atoms with E-state index in [0.29, 0.717) is 13.0 Å². The highest BCUT2D eigenvalue weighted by Crippen LogP contribution is 2.29. The van der Waals surface area contributed by atoms with Gasteiger partial charge in [0.05, 0.1) is 0 Å². The number of nitrogens with one attached hydrogen (secondary N) is 2. The summed E-state index contributed by atoms with van der Waals surface area (Å²) in [6.45, 7) is 0.378. The lowest BCUT2D eigenvalue weighted by molar-refractivity contribution is -0.141. The molecule has 0 radical (unpaired) electrons. The molecule has 2 heterocycles. The van der Waals surface area contributed by atoms with Crippen LogP contribution in [0.4, 0.5) is 24.9 Å². The Morgan fingerprint density at radius 2 is 2.10 bits per heavy atom. The molecule has 0 aromatic carbocycles. The maximum Gasteiger partial charge on any atom is 0.433 e. The summed E-state index contributed by atoms with van der Waals surface area (Å²) in [4.78, 5) is 11.2. The predicted molar refractivity (Wildman–Crippen MR) is 70.2 cm³/mol. The van der Waals surface area contributed by atoms with Gasteiger partial charge in [-0.3, -0.25) is 5.43 Å². The summed E-state index contributed by atoms with van der Waals surface area (Å²) in [7, 11) is 1.84. The van der Waals surface area contributed by atoms with Crippen molar-refractivity contribution in [1.82, 2.24) is 19.5 Å². The van der Waals surface area contributed by atoms with Crippen LogP contribution in [0.3, 0.4) is 0 Å². The van der Waals surface area contributed by atoms with Crippen molar-refractivity contribution < 1.29 is 13.2 Å². The van der Waals surface area contributed by atoms with Crippen LogP contribution in [-0.4, -0.2) is 26.1 Å². The molecule has 2 aromatic heterocycles. The van der Waals surface area contributed by atoms with E-state index in [1.807, 2.05) is 17.0 Å². The number of hydrogen-bond acceptors (Lipinski definition) is 6. The zero-order valence-corrected chi connectivity index (χ0v) is 11.1. The van der Waals surface area contributed by atoms with Gasteiger partial charge in [-0.15, -0.1) is 0 Å². The molecule has 0 saturated heterocycles. The standard InChI is InChI=1S/C11H14F3N7/c1-21-5-4-17-9(21)2-3-16-8-6-7(11(12,13)14)18-10(19-8)20-15/h4-6H,2-3,15H2,1H3,(H2,16,18,19,20). The summed E-state index contributed by atoms with van der Waals surface area (Å²) >= 11 is 0. The number of hydrogen-bond donors (Lipinski definition) is 3. The van der Waals surface area contributed by atoms with Crippen LogP contribution >= 0.6 is 0 Å². The molecule has 0 atom stereocenters. The van der Waals surface area contributed by atoms with Crippen molar-refractivity contribution >= 4 is 11.8 Å². The fraction of sp³-hybridized carbons (Fsp3) is 0.364. The third-order valence-electron chi connectivity index (χ3n) is 2.72. The van der Waals surface area contributed by atoms with Gasteiger partial charge in [0.15, 0.2) is 5.69 Å². The van der Waals surface area contributed by atoms with Crippen LogP contribution in [0.1, 0.15) is 11.5 Å². The zero-order valence-electron chi connectivity index (χ0n) is 11.1. The van der Waals surface area contributed by atoms with Crippen LogP contribution in [0.5, 0.6) is 0 Å². The number of aryl methyl sites for hydroxylation is 1. The molecule has 21 heavy (non-hydrogen) atoms. The van der Waals surface area contributed by atoms with E-state index in [1.54, 1.807) is 12.4 Å². The zero-order chi connectivity index (χ0) is 15.5. The Kier molecular flexibility index (Phi) is 4.26. The van der Waals surface area contributed by atoms with E-state index >= 15 is 0 Å². The van der Waals surface area contributed by atoms with Crippen LogP contribution in [0.2, 0.25) is 0 Å². The number of nitrogens with two attached hydrogens (primary N) is 1. The smallest absolute Gasteiger partial charge is 0.369 e. The lowest BCUT2D eigenvalue weighted by Gasteiger charge is -2.11. The van der Waals surface area contributed by atoms with Crippen LogP contribution in [-0.2, 0) is 19.6 Å². The summed E-state index contributed by atoms with van der Waals surface area (Å²) in [5.41, 5.74) is 0.949. The van der Waals surface area contributed by atoms with Crippen LogP contribution in [0.15, 0.2) is 18.5 Å². The minimum Gasteiger partial charge on any atom is -0.369 e. The van der Waals surface area contributed by atoms with Gasteiger partial charge in [-0.05, 0) is 0 Å². The van der Waals surface area contributed by atoms with E-state index in [1.165, 1.54) is 0 Å². The van der Waals surface area contributed by atoms with Crippen molar-refractivity contribution in [3.63, 3.8) is 0 Å². The van der Waals surface area contributed by atoms with E-state index in [2.05, 4.69) is 20.3 Å². The number of halogens is 3. The highest BCUT2D eigenvalue weighted by atomic mass is 19.4. The van der Waals surface area contributed by atoms with Gasteiger partial charge < -0.3 is 9.88 Å². The van der Waals surface area contributed by atoms with Crippen molar-refractivity contribution in [2.75, 3.05) is 17.3 Å². The fourth-order valence-electron chi connectivity index (χ4n) is 1.69. The Bertz CT molecular complexity index is 608. The summed E-state index contributed by atoms with van der Waals surface area (Å²) < 4.78 is 39.9. The average molecular weight is 301 g/mol. The molecule has 0 aliphatic carbocycles. The maximum absolute atomic E-state index is 12.7. The third-order valence-corrected chi connectivity index (χ3v) is 2.72. The Hall–Kier alpha value is -2.36. The molecular weight excluding hydrogens is 287 g/mol. The van der Waals surface area contributed by atoms with Gasteiger partial charge in [-0.25, -0.2) is 15.8 Å². The minimum atomic E-state index is -4.56. The number of hydrazine groups is 1. The van der Waals surface area contributed by atoms with Crippen molar-refractivity contribution in [2.45, 2.75) is 12.6 Å². The van der Waals surface area contributed by atoms with Gasteiger partial charge in [0.25, 0.3) is 0 Å². The molecule has 0 amide bonds. The van der Waals surface area contributed by atoms with E-state index in [0.717, 1.165) is 11.9 Å². The number of rotatable bonds is 5. The third kappa shape index (κ3) is 3.81. The molecule has 2 aromatic rings. The number of aromatic nitrogens is 4. The van der Waals surface area contributed by atoms with Crippen molar-refractivity contribution in [2.24, 2.45) is 12.9 Å². The molecule has 10 heteroatoms. The van der Waals surface area contributed by atoms with Gasteiger partial charge in [0, 0.05) is 38.5 Å². The molecule has 0 bridgehead atoms. The van der Waals surface area contributed by atoms with Crippen LogP contribution in [0, 0.1) is 0 Å². The topological polar surface area (TPSA) is 93.7 Å². The Morgan fingerprint density at radius 3 is 2.67 bits per heavy atom. The normalized spacial score (nSPS) is 11.5. The lowest BCUT2D eigenvalue weighted by atomic mass is 10.3. The van der Waals surface area contributed by atoms with Gasteiger partial charge in [-0.1, -0.05) is 0 Å². The second-order valence-electron chi connectivity index (χ2n) is 4.24. The van der Waals surface area contributed by atoms with Gasteiger partial charge in [0.2, 0.25) is 5.95 Å². The highest BCUT2D eigenvalue weighted by molar-refractivity contribution is 5.42. The first-order valence-corrected chi connectivity index (χ1v) is 6.03. The van der Waals surface area contributed by atoms with Gasteiger partial charge in [-0.2, -0.15) is 18.2 Å². The van der Waals surface area contributed by atoms with E-state index < -0.39 is 11.9 Å². The summed E-state index contributed by atoms with van der Waals surface area (Å²) in [5, 5.41) is 2.80. The molecule has 0 fully saturated rings. The maximum atomic E-state index is 12.7. The second-order valence-corrected chi connectivity index (χ2v) is 4.24. The average Bonchev–Trinajstić information content (AvgIpc) is 2.83. The van der Waals surface area contributed by atoms with Gasteiger partial charge in [0.1, 0.15) is 11.6 Å². The highest BCUT2D eigenvalue weighted by Gasteiger charge is 2.33. The first-order valence-electron chi connectivity index (χ1n) is 6.03. The number of nitrogens with zero attached hydrogens (tertiary/aromatic N) is 4. The van der Waals surface area contributed by atoms with Crippen LogP contribution in [0.25, 0.3) is 0 Å². The fourth-order valence-corrected chi connectivity index (χ4v) is 1.69. The number of anilines is 2. The lowest BCUT2D eigenvalue weighted by Crippen LogP contribution is -2.17. The van der Waals surface area contributed by atoms with Crippen molar-refractivity contribution in [3.05, 3.63) is 30.0 Å².